The van der Waals surface area contributed by atoms with Crippen molar-refractivity contribution in [2.45, 2.75) is 18.5 Å². The van der Waals surface area contributed by atoms with Gasteiger partial charge in [0.2, 0.25) is 5.91 Å². The third-order valence-corrected chi connectivity index (χ3v) is 5.95. The standard InChI is InChI=1S/C21H20FN3O3/c1-28-16-6-3-2-5-15(16)18-17-19(24-12-4-11-23(18)24)21(27)25(20(17)26)14-9-7-13(22)8-10-14/h2-3,5-10,17-19H,4,11-12H2,1H3/t17-,18+,19-/m0/s1. The first kappa shape index (κ1) is 17.3. The van der Waals surface area contributed by atoms with Gasteiger partial charge < -0.3 is 4.74 Å². The number of rotatable bonds is 3. The zero-order valence-electron chi connectivity index (χ0n) is 15.4. The first-order valence-corrected chi connectivity index (χ1v) is 9.41. The molecule has 0 N–H and O–H groups in total. The molecule has 0 aliphatic carbocycles. The van der Waals surface area contributed by atoms with E-state index < -0.39 is 17.8 Å². The molecular weight excluding hydrogens is 361 g/mol. The Kier molecular flexibility index (Phi) is 3.96. The molecule has 3 saturated heterocycles. The highest BCUT2D eigenvalue weighted by Gasteiger charge is 2.63. The molecule has 3 heterocycles. The quantitative estimate of drug-likeness (QED) is 0.764. The van der Waals surface area contributed by atoms with E-state index in [-0.39, 0.29) is 17.9 Å². The van der Waals surface area contributed by atoms with Crippen LogP contribution in [0.1, 0.15) is 18.0 Å². The highest BCUT2D eigenvalue weighted by Crippen LogP contribution is 2.50. The Hall–Kier alpha value is -2.77. The third-order valence-electron chi connectivity index (χ3n) is 5.95. The first-order valence-electron chi connectivity index (χ1n) is 9.41. The molecule has 7 heteroatoms. The topological polar surface area (TPSA) is 53.1 Å². The summed E-state index contributed by atoms with van der Waals surface area (Å²) in [4.78, 5) is 27.9. The summed E-state index contributed by atoms with van der Waals surface area (Å²) in [5, 5.41) is 4.18. The van der Waals surface area contributed by atoms with Gasteiger partial charge in [0.25, 0.3) is 5.91 Å². The fourth-order valence-corrected chi connectivity index (χ4v) is 4.84. The van der Waals surface area contributed by atoms with Crippen LogP contribution in [0.4, 0.5) is 10.1 Å². The number of fused-ring (bicyclic) bond motifs is 3. The second kappa shape index (κ2) is 6.39. The van der Waals surface area contributed by atoms with Crippen LogP contribution in [0.3, 0.4) is 0 Å². The normalized spacial score (nSPS) is 27.4. The number of carbonyl (C=O) groups is 2. The lowest BCUT2D eigenvalue weighted by Crippen LogP contribution is -2.44. The lowest BCUT2D eigenvalue weighted by atomic mass is 9.89. The van der Waals surface area contributed by atoms with E-state index in [0.717, 1.165) is 25.1 Å². The lowest BCUT2D eigenvalue weighted by Gasteiger charge is -2.30. The van der Waals surface area contributed by atoms with Crippen LogP contribution in [0.15, 0.2) is 48.5 Å². The van der Waals surface area contributed by atoms with E-state index in [1.807, 2.05) is 29.3 Å². The van der Waals surface area contributed by atoms with Crippen LogP contribution in [0.5, 0.6) is 5.75 Å². The second-order valence-electron chi connectivity index (χ2n) is 7.33. The van der Waals surface area contributed by atoms with Crippen molar-refractivity contribution in [2.75, 3.05) is 25.1 Å². The van der Waals surface area contributed by atoms with Crippen molar-refractivity contribution in [2.24, 2.45) is 5.92 Å². The van der Waals surface area contributed by atoms with Gasteiger partial charge in [0.15, 0.2) is 0 Å². The number of ether oxygens (including phenoxy) is 1. The zero-order valence-corrected chi connectivity index (χ0v) is 15.4. The van der Waals surface area contributed by atoms with Gasteiger partial charge in [-0.05, 0) is 36.8 Å². The molecule has 3 aliphatic rings. The van der Waals surface area contributed by atoms with Crippen LogP contribution in [0.25, 0.3) is 0 Å². The van der Waals surface area contributed by atoms with Crippen LogP contribution in [0, 0.1) is 11.7 Å². The number of methoxy groups -OCH3 is 1. The zero-order chi connectivity index (χ0) is 19.4. The number of carbonyl (C=O) groups excluding carboxylic acids is 2. The first-order chi connectivity index (χ1) is 13.6. The molecule has 0 unspecified atom stereocenters. The van der Waals surface area contributed by atoms with E-state index in [1.165, 1.54) is 29.2 Å². The number of anilines is 1. The molecule has 0 bridgehead atoms. The number of amides is 2. The number of hydrazine groups is 1. The Morgan fingerprint density at radius 3 is 2.32 bits per heavy atom. The van der Waals surface area contributed by atoms with Crippen LogP contribution in [0.2, 0.25) is 0 Å². The number of hydrogen-bond donors (Lipinski definition) is 0. The lowest BCUT2D eigenvalue weighted by molar-refractivity contribution is -0.126. The van der Waals surface area contributed by atoms with Gasteiger partial charge in [-0.1, -0.05) is 18.2 Å². The van der Waals surface area contributed by atoms with Crippen molar-refractivity contribution < 1.29 is 18.7 Å². The van der Waals surface area contributed by atoms with Crippen LogP contribution >= 0.6 is 0 Å². The van der Waals surface area contributed by atoms with Crippen molar-refractivity contribution in [3.63, 3.8) is 0 Å². The summed E-state index contributed by atoms with van der Waals surface area (Å²) in [7, 11) is 1.61. The minimum Gasteiger partial charge on any atom is -0.496 e. The van der Waals surface area contributed by atoms with Crippen molar-refractivity contribution in [1.82, 2.24) is 10.0 Å². The number of imide groups is 1. The van der Waals surface area contributed by atoms with E-state index >= 15 is 0 Å². The molecule has 144 valence electrons. The second-order valence-corrected chi connectivity index (χ2v) is 7.33. The molecule has 0 saturated carbocycles. The predicted octanol–water partition coefficient (Wildman–Crippen LogP) is 2.37. The molecule has 3 fully saturated rings. The van der Waals surface area contributed by atoms with E-state index in [1.54, 1.807) is 7.11 Å². The van der Waals surface area contributed by atoms with Gasteiger partial charge >= 0.3 is 0 Å². The molecule has 5 rings (SSSR count). The van der Waals surface area contributed by atoms with Crippen LogP contribution in [-0.2, 0) is 9.59 Å². The molecule has 2 aromatic rings. The Morgan fingerprint density at radius 2 is 1.61 bits per heavy atom. The van der Waals surface area contributed by atoms with Gasteiger partial charge in [-0.25, -0.2) is 19.3 Å². The number of hydrogen-bond acceptors (Lipinski definition) is 5. The highest BCUT2D eigenvalue weighted by atomic mass is 19.1. The summed E-state index contributed by atoms with van der Waals surface area (Å²) >= 11 is 0. The fourth-order valence-electron chi connectivity index (χ4n) is 4.84. The van der Waals surface area contributed by atoms with Crippen molar-refractivity contribution in [3.8, 4) is 5.75 Å². The van der Waals surface area contributed by atoms with E-state index in [9.17, 15) is 14.0 Å². The maximum Gasteiger partial charge on any atom is 0.253 e. The summed E-state index contributed by atoms with van der Waals surface area (Å²) in [5.41, 5.74) is 1.32. The minimum atomic E-state index is -0.532. The van der Waals surface area contributed by atoms with Crippen molar-refractivity contribution in [1.29, 1.82) is 0 Å². The Morgan fingerprint density at radius 1 is 0.929 bits per heavy atom. The van der Waals surface area contributed by atoms with Gasteiger partial charge in [-0.3, -0.25) is 9.59 Å². The molecule has 2 aromatic carbocycles. The molecule has 6 nitrogen and oxygen atoms in total. The van der Waals surface area contributed by atoms with Crippen molar-refractivity contribution >= 4 is 17.5 Å². The highest BCUT2D eigenvalue weighted by molar-refractivity contribution is 6.24. The van der Waals surface area contributed by atoms with Crippen LogP contribution < -0.4 is 9.64 Å². The number of para-hydroxylation sites is 1. The van der Waals surface area contributed by atoms with Gasteiger partial charge in [-0.2, -0.15) is 0 Å². The third kappa shape index (κ3) is 2.33. The summed E-state index contributed by atoms with van der Waals surface area (Å²) in [6, 6.07) is 12.3. The van der Waals surface area contributed by atoms with Gasteiger partial charge in [-0.15, -0.1) is 0 Å². The summed E-state index contributed by atoms with van der Waals surface area (Å²) in [6.45, 7) is 1.54. The largest absolute Gasteiger partial charge is 0.496 e. The van der Waals surface area contributed by atoms with Gasteiger partial charge in [0, 0.05) is 18.7 Å². The average Bonchev–Trinajstić information content (AvgIpc) is 3.35. The molecular formula is C21H20FN3O3. The van der Waals surface area contributed by atoms with Crippen molar-refractivity contribution in [3.05, 3.63) is 59.9 Å². The van der Waals surface area contributed by atoms with E-state index in [4.69, 9.17) is 4.74 Å². The fraction of sp³-hybridized carbons (Fsp3) is 0.333. The maximum absolute atomic E-state index is 13.4. The minimum absolute atomic E-state index is 0.244. The monoisotopic (exact) mass is 381 g/mol. The molecule has 3 aliphatic heterocycles. The van der Waals surface area contributed by atoms with E-state index in [0.29, 0.717) is 11.4 Å². The molecule has 0 radical (unpaired) electrons. The Labute approximate surface area is 162 Å². The average molecular weight is 381 g/mol. The summed E-state index contributed by atoms with van der Waals surface area (Å²) < 4.78 is 18.9. The number of nitrogens with zero attached hydrogens (tertiary/aromatic N) is 3. The van der Waals surface area contributed by atoms with Gasteiger partial charge in [0.05, 0.1) is 24.8 Å². The molecule has 2 amide bonds. The number of halogens is 1. The Balaban J connectivity index is 1.60. The Bertz CT molecular complexity index is 948. The van der Waals surface area contributed by atoms with E-state index in [2.05, 4.69) is 5.01 Å². The van der Waals surface area contributed by atoms with Gasteiger partial charge in [0.1, 0.15) is 17.6 Å². The maximum atomic E-state index is 13.4. The number of benzene rings is 2. The predicted molar refractivity (Wildman–Crippen MR) is 99.9 cm³/mol. The summed E-state index contributed by atoms with van der Waals surface area (Å²) in [5.74, 6) is -0.701. The smallest absolute Gasteiger partial charge is 0.253 e. The summed E-state index contributed by atoms with van der Waals surface area (Å²) in [6.07, 6.45) is 0.937. The molecule has 0 spiro atoms. The molecule has 3 atom stereocenters. The molecule has 0 aromatic heterocycles. The SMILES string of the molecule is COc1ccccc1[C@@H]1[C@@H]2C(=O)N(c3ccc(F)cc3)C(=O)[C@H]2N2CCCN12. The molecule has 28 heavy (non-hydrogen) atoms. The van der Waals surface area contributed by atoms with Crippen LogP contribution in [-0.4, -0.2) is 48.1 Å².